The highest BCUT2D eigenvalue weighted by molar-refractivity contribution is 6.01. The van der Waals surface area contributed by atoms with E-state index in [4.69, 9.17) is 5.73 Å². The standard InChI is InChI=1S/C15H22FN3O2/c1-15(2,3)14(21)19-11-7-6-10(16)9-12(11)18-13(20)5-4-8-17/h6-7,9H,4-5,8,17H2,1-3H3,(H,18,20)(H,19,21). The summed E-state index contributed by atoms with van der Waals surface area (Å²) in [4.78, 5) is 23.7. The average molecular weight is 295 g/mol. The van der Waals surface area contributed by atoms with Gasteiger partial charge in [-0.05, 0) is 31.2 Å². The summed E-state index contributed by atoms with van der Waals surface area (Å²) in [5.41, 5.74) is 5.37. The van der Waals surface area contributed by atoms with Gasteiger partial charge in [0.2, 0.25) is 11.8 Å². The van der Waals surface area contributed by atoms with Crippen LogP contribution in [0, 0.1) is 11.2 Å². The van der Waals surface area contributed by atoms with Crippen molar-refractivity contribution in [1.82, 2.24) is 0 Å². The molecule has 6 heteroatoms. The Balaban J connectivity index is 2.90. The number of hydrogen-bond acceptors (Lipinski definition) is 3. The normalized spacial score (nSPS) is 11.1. The predicted molar refractivity (Wildman–Crippen MR) is 81.4 cm³/mol. The van der Waals surface area contributed by atoms with Gasteiger partial charge in [-0.2, -0.15) is 0 Å². The molecule has 0 saturated heterocycles. The maximum absolute atomic E-state index is 13.3. The number of halogens is 1. The number of nitrogens with two attached hydrogens (primary N) is 1. The summed E-state index contributed by atoms with van der Waals surface area (Å²) in [5, 5.41) is 5.29. The van der Waals surface area contributed by atoms with Crippen LogP contribution in [0.1, 0.15) is 33.6 Å². The molecule has 0 unspecified atom stereocenters. The molecule has 4 N–H and O–H groups in total. The fraction of sp³-hybridized carbons (Fsp3) is 0.467. The maximum Gasteiger partial charge on any atom is 0.229 e. The lowest BCUT2D eigenvalue weighted by molar-refractivity contribution is -0.123. The molecule has 0 fully saturated rings. The highest BCUT2D eigenvalue weighted by Crippen LogP contribution is 2.25. The molecule has 0 atom stereocenters. The van der Waals surface area contributed by atoms with Crippen LogP contribution in [0.15, 0.2) is 18.2 Å². The summed E-state index contributed by atoms with van der Waals surface area (Å²) in [5.74, 6) is -0.971. The van der Waals surface area contributed by atoms with E-state index in [0.29, 0.717) is 18.7 Å². The second-order valence-corrected chi connectivity index (χ2v) is 5.83. The summed E-state index contributed by atoms with van der Waals surface area (Å²) >= 11 is 0. The van der Waals surface area contributed by atoms with E-state index < -0.39 is 11.2 Å². The molecule has 1 aromatic carbocycles. The molecule has 0 heterocycles. The minimum Gasteiger partial charge on any atom is -0.330 e. The van der Waals surface area contributed by atoms with Crippen LogP contribution < -0.4 is 16.4 Å². The number of rotatable bonds is 5. The molecule has 116 valence electrons. The molecule has 0 aliphatic heterocycles. The predicted octanol–water partition coefficient (Wildman–Crippen LogP) is 2.49. The number of anilines is 2. The first-order valence-corrected chi connectivity index (χ1v) is 6.85. The number of amides is 2. The van der Waals surface area contributed by atoms with Crippen molar-refractivity contribution in [1.29, 1.82) is 0 Å². The molecule has 0 bridgehead atoms. The lowest BCUT2D eigenvalue weighted by Crippen LogP contribution is -2.28. The lowest BCUT2D eigenvalue weighted by atomic mass is 9.95. The van der Waals surface area contributed by atoms with Crippen LogP contribution >= 0.6 is 0 Å². The Bertz CT molecular complexity index is 524. The zero-order chi connectivity index (χ0) is 16.0. The Morgan fingerprint density at radius 1 is 1.19 bits per heavy atom. The SMILES string of the molecule is CC(C)(C)C(=O)Nc1ccc(F)cc1NC(=O)CCCN. The molecule has 0 aliphatic carbocycles. The van der Waals surface area contributed by atoms with E-state index in [0.717, 1.165) is 0 Å². The van der Waals surface area contributed by atoms with Crippen LogP contribution in [-0.2, 0) is 9.59 Å². The van der Waals surface area contributed by atoms with Gasteiger partial charge in [0, 0.05) is 11.8 Å². The molecule has 0 aliphatic rings. The Morgan fingerprint density at radius 2 is 1.86 bits per heavy atom. The van der Waals surface area contributed by atoms with Crippen LogP contribution in [-0.4, -0.2) is 18.4 Å². The van der Waals surface area contributed by atoms with Crippen molar-refractivity contribution in [3.63, 3.8) is 0 Å². The van der Waals surface area contributed by atoms with Gasteiger partial charge >= 0.3 is 0 Å². The zero-order valence-corrected chi connectivity index (χ0v) is 12.6. The maximum atomic E-state index is 13.3. The van der Waals surface area contributed by atoms with E-state index in [9.17, 15) is 14.0 Å². The average Bonchev–Trinajstić information content (AvgIpc) is 2.38. The number of benzene rings is 1. The van der Waals surface area contributed by atoms with E-state index in [-0.39, 0.29) is 23.9 Å². The van der Waals surface area contributed by atoms with Crippen molar-refractivity contribution in [3.8, 4) is 0 Å². The van der Waals surface area contributed by atoms with Gasteiger partial charge in [0.25, 0.3) is 0 Å². The van der Waals surface area contributed by atoms with Gasteiger partial charge < -0.3 is 16.4 Å². The molecule has 2 amide bonds. The zero-order valence-electron chi connectivity index (χ0n) is 12.6. The van der Waals surface area contributed by atoms with E-state index in [2.05, 4.69) is 10.6 Å². The second-order valence-electron chi connectivity index (χ2n) is 5.83. The second kappa shape index (κ2) is 7.17. The molecule has 0 aromatic heterocycles. The summed E-state index contributed by atoms with van der Waals surface area (Å²) in [6.45, 7) is 5.71. The van der Waals surface area contributed by atoms with Crippen molar-refractivity contribution >= 4 is 23.2 Å². The molecule has 1 aromatic rings. The number of nitrogens with one attached hydrogen (secondary N) is 2. The minimum absolute atomic E-state index is 0.216. The number of carbonyl (C=O) groups excluding carboxylic acids is 2. The quantitative estimate of drug-likeness (QED) is 0.780. The van der Waals surface area contributed by atoms with Crippen LogP contribution in [0.25, 0.3) is 0 Å². The van der Waals surface area contributed by atoms with Gasteiger partial charge in [0.15, 0.2) is 0 Å². The van der Waals surface area contributed by atoms with Crippen LogP contribution in [0.3, 0.4) is 0 Å². The van der Waals surface area contributed by atoms with Gasteiger partial charge in [0.05, 0.1) is 11.4 Å². The topological polar surface area (TPSA) is 84.2 Å². The highest BCUT2D eigenvalue weighted by Gasteiger charge is 2.22. The van der Waals surface area contributed by atoms with Gasteiger partial charge in [-0.1, -0.05) is 20.8 Å². The van der Waals surface area contributed by atoms with Crippen molar-refractivity contribution in [2.75, 3.05) is 17.2 Å². The van der Waals surface area contributed by atoms with E-state index >= 15 is 0 Å². The molecule has 5 nitrogen and oxygen atoms in total. The van der Waals surface area contributed by atoms with Crippen LogP contribution in [0.5, 0.6) is 0 Å². The highest BCUT2D eigenvalue weighted by atomic mass is 19.1. The van der Waals surface area contributed by atoms with Crippen LogP contribution in [0.4, 0.5) is 15.8 Å². The summed E-state index contributed by atoms with van der Waals surface area (Å²) in [6, 6.07) is 3.84. The third-order valence-corrected chi connectivity index (χ3v) is 2.79. The molecular formula is C15H22FN3O2. The summed E-state index contributed by atoms with van der Waals surface area (Å²) in [7, 11) is 0. The smallest absolute Gasteiger partial charge is 0.229 e. The Labute approximate surface area is 124 Å². The van der Waals surface area contributed by atoms with Gasteiger partial charge in [-0.25, -0.2) is 4.39 Å². The Morgan fingerprint density at radius 3 is 2.43 bits per heavy atom. The first kappa shape index (κ1) is 17.1. The largest absolute Gasteiger partial charge is 0.330 e. The summed E-state index contributed by atoms with van der Waals surface area (Å²) in [6.07, 6.45) is 0.796. The van der Waals surface area contributed by atoms with E-state index in [1.165, 1.54) is 18.2 Å². The fourth-order valence-electron chi connectivity index (χ4n) is 1.51. The molecule has 21 heavy (non-hydrogen) atoms. The Kier molecular flexibility index (Phi) is 5.84. The number of carbonyl (C=O) groups is 2. The van der Waals surface area contributed by atoms with Crippen molar-refractivity contribution in [2.24, 2.45) is 11.1 Å². The third-order valence-electron chi connectivity index (χ3n) is 2.79. The van der Waals surface area contributed by atoms with E-state index in [1.807, 2.05) is 0 Å². The van der Waals surface area contributed by atoms with Gasteiger partial charge in [0.1, 0.15) is 5.82 Å². The molecule has 0 radical (unpaired) electrons. The third kappa shape index (κ3) is 5.51. The first-order valence-electron chi connectivity index (χ1n) is 6.85. The van der Waals surface area contributed by atoms with Crippen molar-refractivity contribution in [3.05, 3.63) is 24.0 Å². The van der Waals surface area contributed by atoms with Gasteiger partial charge in [-0.15, -0.1) is 0 Å². The summed E-state index contributed by atoms with van der Waals surface area (Å²) < 4.78 is 13.3. The molecular weight excluding hydrogens is 273 g/mol. The number of hydrogen-bond donors (Lipinski definition) is 3. The minimum atomic E-state index is -0.588. The van der Waals surface area contributed by atoms with Gasteiger partial charge in [-0.3, -0.25) is 9.59 Å². The van der Waals surface area contributed by atoms with E-state index in [1.54, 1.807) is 20.8 Å². The molecule has 0 spiro atoms. The van der Waals surface area contributed by atoms with Crippen LogP contribution in [0.2, 0.25) is 0 Å². The Hall–Kier alpha value is -1.95. The van der Waals surface area contributed by atoms with Crippen molar-refractivity contribution in [2.45, 2.75) is 33.6 Å². The fourth-order valence-corrected chi connectivity index (χ4v) is 1.51. The lowest BCUT2D eigenvalue weighted by Gasteiger charge is -2.19. The van der Waals surface area contributed by atoms with Crippen molar-refractivity contribution < 1.29 is 14.0 Å². The monoisotopic (exact) mass is 295 g/mol. The molecule has 0 saturated carbocycles. The first-order chi connectivity index (χ1) is 9.74. The molecule has 1 rings (SSSR count).